The zero-order valence-electron chi connectivity index (χ0n) is 6.96. The summed E-state index contributed by atoms with van der Waals surface area (Å²) in [4.78, 5) is 10.8. The maximum absolute atomic E-state index is 13.3. The van der Waals surface area contributed by atoms with Crippen LogP contribution in [-0.2, 0) is 4.79 Å². The highest BCUT2D eigenvalue weighted by molar-refractivity contribution is 5.73. The minimum Gasteiger partial charge on any atom is -0.353 e. The topological polar surface area (TPSA) is 29.1 Å². The van der Waals surface area contributed by atoms with Crippen LogP contribution < -0.4 is 5.32 Å². The number of carbonyl (C=O) groups excluding carboxylic acids is 1. The Bertz CT molecular complexity index is 255. The molecule has 1 amide bonds. The number of carbonyl (C=O) groups is 1. The smallest absolute Gasteiger partial charge is 0.217 e. The fourth-order valence-electron chi connectivity index (χ4n) is 3.49. The molecule has 66 valence electrons. The predicted molar refractivity (Wildman–Crippen MR) is 41.1 cm³/mol. The molecule has 6 unspecified atom stereocenters. The van der Waals surface area contributed by atoms with Crippen molar-refractivity contribution in [2.45, 2.75) is 25.6 Å². The summed E-state index contributed by atoms with van der Waals surface area (Å²) >= 11 is 0. The third kappa shape index (κ3) is 0.595. The van der Waals surface area contributed by atoms with Gasteiger partial charge in [-0.15, -0.1) is 0 Å². The van der Waals surface area contributed by atoms with Gasteiger partial charge in [-0.2, -0.15) is 0 Å². The van der Waals surface area contributed by atoms with Gasteiger partial charge in [-0.1, -0.05) is 0 Å². The van der Waals surface area contributed by atoms with Gasteiger partial charge in [0.2, 0.25) is 5.91 Å². The molecular weight excluding hydrogens is 157 g/mol. The first-order valence-corrected chi connectivity index (χ1v) is 4.61. The van der Waals surface area contributed by atoms with Crippen LogP contribution in [0.25, 0.3) is 0 Å². The SMILES string of the molecule is CC(=O)NC1C2CC3C(C2F)C31. The molecule has 1 N–H and O–H groups in total. The Hall–Kier alpha value is -0.600. The third-order valence-corrected chi connectivity index (χ3v) is 3.86. The van der Waals surface area contributed by atoms with Gasteiger partial charge in [-0.3, -0.25) is 4.79 Å². The van der Waals surface area contributed by atoms with Crippen LogP contribution in [0.3, 0.4) is 0 Å². The summed E-state index contributed by atoms with van der Waals surface area (Å²) in [5.74, 6) is 1.56. The number of alkyl halides is 1. The lowest BCUT2D eigenvalue weighted by molar-refractivity contribution is -0.119. The highest BCUT2D eigenvalue weighted by Crippen LogP contribution is 2.71. The molecule has 3 heteroatoms. The van der Waals surface area contributed by atoms with Crippen molar-refractivity contribution in [2.75, 3.05) is 0 Å². The second kappa shape index (κ2) is 1.83. The second-order valence-corrected chi connectivity index (χ2v) is 4.39. The Kier molecular flexibility index (Phi) is 1.05. The summed E-state index contributed by atoms with van der Waals surface area (Å²) in [7, 11) is 0. The highest BCUT2D eigenvalue weighted by atomic mass is 19.1. The Balaban J connectivity index is 1.80. The molecular formula is C9H12FNO. The summed E-state index contributed by atoms with van der Waals surface area (Å²) in [5, 5.41) is 2.88. The minimum absolute atomic E-state index is 0.00889. The third-order valence-electron chi connectivity index (χ3n) is 3.86. The number of hydrogen-bond donors (Lipinski definition) is 1. The quantitative estimate of drug-likeness (QED) is 0.616. The summed E-state index contributed by atoms with van der Waals surface area (Å²) in [6.45, 7) is 1.51. The molecule has 0 saturated heterocycles. The Morgan fingerprint density at radius 1 is 1.42 bits per heavy atom. The summed E-state index contributed by atoms with van der Waals surface area (Å²) < 4.78 is 13.3. The molecule has 0 aromatic rings. The van der Waals surface area contributed by atoms with E-state index in [2.05, 4.69) is 5.32 Å². The molecule has 0 heterocycles. The first kappa shape index (κ1) is 6.87. The van der Waals surface area contributed by atoms with Gasteiger partial charge < -0.3 is 5.32 Å². The van der Waals surface area contributed by atoms with Crippen LogP contribution in [0, 0.1) is 23.7 Å². The first-order valence-electron chi connectivity index (χ1n) is 4.61. The lowest BCUT2D eigenvalue weighted by Gasteiger charge is -2.16. The van der Waals surface area contributed by atoms with Crippen LogP contribution in [-0.4, -0.2) is 18.1 Å². The number of halogens is 1. The van der Waals surface area contributed by atoms with Crippen LogP contribution in [0.4, 0.5) is 4.39 Å². The van der Waals surface area contributed by atoms with E-state index in [0.29, 0.717) is 17.8 Å². The first-order chi connectivity index (χ1) is 5.70. The average molecular weight is 169 g/mol. The molecule has 12 heavy (non-hydrogen) atoms. The van der Waals surface area contributed by atoms with Crippen LogP contribution in [0.2, 0.25) is 0 Å². The van der Waals surface area contributed by atoms with Crippen molar-refractivity contribution in [1.29, 1.82) is 0 Å². The van der Waals surface area contributed by atoms with Gasteiger partial charge in [0, 0.05) is 18.9 Å². The second-order valence-electron chi connectivity index (χ2n) is 4.39. The molecule has 4 saturated carbocycles. The fourth-order valence-corrected chi connectivity index (χ4v) is 3.49. The van der Waals surface area contributed by atoms with Gasteiger partial charge in [0.15, 0.2) is 0 Å². The molecule has 4 rings (SSSR count). The molecule has 4 fully saturated rings. The van der Waals surface area contributed by atoms with Gasteiger partial charge in [0.05, 0.1) is 0 Å². The van der Waals surface area contributed by atoms with Gasteiger partial charge >= 0.3 is 0 Å². The van der Waals surface area contributed by atoms with Crippen molar-refractivity contribution in [1.82, 2.24) is 5.32 Å². The molecule has 0 aliphatic heterocycles. The lowest BCUT2D eigenvalue weighted by atomic mass is 10.1. The number of hydrogen-bond acceptors (Lipinski definition) is 1. The lowest BCUT2D eigenvalue weighted by Crippen LogP contribution is -2.37. The van der Waals surface area contributed by atoms with Crippen LogP contribution in [0.5, 0.6) is 0 Å². The monoisotopic (exact) mass is 169 g/mol. The van der Waals surface area contributed by atoms with E-state index in [1.54, 1.807) is 0 Å². The molecule has 0 radical (unpaired) electrons. The van der Waals surface area contributed by atoms with Crippen LogP contribution >= 0.6 is 0 Å². The van der Waals surface area contributed by atoms with Crippen molar-refractivity contribution in [3.05, 3.63) is 0 Å². The predicted octanol–water partition coefficient (Wildman–Crippen LogP) is 0.725. The molecule has 0 spiro atoms. The summed E-state index contributed by atoms with van der Waals surface area (Å²) in [5.41, 5.74) is 0. The summed E-state index contributed by atoms with van der Waals surface area (Å²) in [6.07, 6.45) is 0.401. The standard InChI is InChI=1S/C9H12FNO/c1-3(12)11-9-5-2-4-6(7(4)9)8(5)10/h4-9H,2H2,1H3,(H,11,12). The van der Waals surface area contributed by atoms with E-state index >= 15 is 0 Å². The maximum atomic E-state index is 13.3. The van der Waals surface area contributed by atoms with E-state index in [1.807, 2.05) is 0 Å². The minimum atomic E-state index is -0.614. The number of amides is 1. The maximum Gasteiger partial charge on any atom is 0.217 e. The molecule has 0 aromatic carbocycles. The fraction of sp³-hybridized carbons (Fsp3) is 0.889. The Morgan fingerprint density at radius 2 is 2.17 bits per heavy atom. The van der Waals surface area contributed by atoms with E-state index < -0.39 is 6.17 Å². The molecule has 2 nitrogen and oxygen atoms in total. The molecule has 4 aliphatic carbocycles. The van der Waals surface area contributed by atoms with Crippen molar-refractivity contribution < 1.29 is 9.18 Å². The van der Waals surface area contributed by atoms with Gasteiger partial charge in [-0.25, -0.2) is 4.39 Å². The van der Waals surface area contributed by atoms with Crippen molar-refractivity contribution >= 4 is 5.91 Å². The van der Waals surface area contributed by atoms with E-state index in [-0.39, 0.29) is 17.9 Å². The highest BCUT2D eigenvalue weighted by Gasteiger charge is 2.74. The molecule has 4 aliphatic rings. The summed E-state index contributed by atoms with van der Waals surface area (Å²) in [6, 6.07) is 0.174. The molecule has 6 atom stereocenters. The zero-order valence-corrected chi connectivity index (χ0v) is 6.96. The van der Waals surface area contributed by atoms with E-state index in [4.69, 9.17) is 0 Å². The van der Waals surface area contributed by atoms with Crippen molar-refractivity contribution in [3.8, 4) is 0 Å². The van der Waals surface area contributed by atoms with E-state index in [0.717, 1.165) is 6.42 Å². The normalized spacial score (nSPS) is 58.8. The molecule has 0 aromatic heterocycles. The van der Waals surface area contributed by atoms with E-state index in [9.17, 15) is 9.18 Å². The van der Waals surface area contributed by atoms with Gasteiger partial charge in [-0.05, 0) is 24.2 Å². The van der Waals surface area contributed by atoms with E-state index in [1.165, 1.54) is 6.92 Å². The largest absolute Gasteiger partial charge is 0.353 e. The van der Waals surface area contributed by atoms with Crippen LogP contribution in [0.15, 0.2) is 0 Å². The molecule has 4 bridgehead atoms. The van der Waals surface area contributed by atoms with Crippen LogP contribution in [0.1, 0.15) is 13.3 Å². The number of nitrogens with one attached hydrogen (secondary N) is 1. The van der Waals surface area contributed by atoms with Gasteiger partial charge in [0.1, 0.15) is 6.17 Å². The average Bonchev–Trinajstić information content (AvgIpc) is 2.34. The van der Waals surface area contributed by atoms with Crippen molar-refractivity contribution in [3.63, 3.8) is 0 Å². The van der Waals surface area contributed by atoms with Gasteiger partial charge in [0.25, 0.3) is 0 Å². The Morgan fingerprint density at radius 3 is 2.50 bits per heavy atom. The zero-order chi connectivity index (χ0) is 8.46. The van der Waals surface area contributed by atoms with Crippen molar-refractivity contribution in [2.24, 2.45) is 23.7 Å². The Labute approximate surface area is 70.5 Å². The number of rotatable bonds is 1.